The van der Waals surface area contributed by atoms with E-state index in [-0.39, 0.29) is 28.4 Å². The molecule has 2 saturated carbocycles. The number of piperidine rings is 1. The highest BCUT2D eigenvalue weighted by Crippen LogP contribution is 2.51. The van der Waals surface area contributed by atoms with Crippen molar-refractivity contribution in [3.63, 3.8) is 0 Å². The number of aromatic carboxylic acids is 1. The van der Waals surface area contributed by atoms with Crippen molar-refractivity contribution in [2.24, 2.45) is 11.1 Å². The zero-order valence-corrected chi connectivity index (χ0v) is 14.9. The van der Waals surface area contributed by atoms with Crippen LogP contribution in [0.25, 0.3) is 10.9 Å². The van der Waals surface area contributed by atoms with E-state index in [2.05, 4.69) is 0 Å². The Hall–Kier alpha value is -2.41. The Labute approximate surface area is 155 Å². The lowest BCUT2D eigenvalue weighted by molar-refractivity contribution is 0.0695. The first-order chi connectivity index (χ1) is 12.9. The van der Waals surface area contributed by atoms with Crippen LogP contribution >= 0.6 is 0 Å². The number of hydrogen-bond donors (Lipinski definition) is 2. The quantitative estimate of drug-likeness (QED) is 0.865. The fourth-order valence-corrected chi connectivity index (χ4v) is 4.62. The second kappa shape index (κ2) is 5.55. The molecule has 1 aliphatic heterocycles. The minimum Gasteiger partial charge on any atom is -0.477 e. The standard InChI is InChI=1S/C20H22FN3O3/c21-14-6-12-15(24(11-2-3-11)9-13(18(12)25)19(26)27)7-16(14)23-5-1-4-20(10-23)8-17(20)22/h6-7,9,11,17H,1-5,8,10,22H2,(H,26,27). The van der Waals surface area contributed by atoms with E-state index >= 15 is 0 Å². The van der Waals surface area contributed by atoms with Crippen molar-refractivity contribution in [1.82, 2.24) is 4.57 Å². The van der Waals surface area contributed by atoms with Gasteiger partial charge in [-0.3, -0.25) is 4.79 Å². The van der Waals surface area contributed by atoms with Gasteiger partial charge >= 0.3 is 5.97 Å². The van der Waals surface area contributed by atoms with Crippen LogP contribution in [0.5, 0.6) is 0 Å². The van der Waals surface area contributed by atoms with E-state index in [1.54, 1.807) is 6.07 Å². The topological polar surface area (TPSA) is 88.6 Å². The summed E-state index contributed by atoms with van der Waals surface area (Å²) in [6, 6.07) is 3.30. The monoisotopic (exact) mass is 371 g/mol. The highest BCUT2D eigenvalue weighted by molar-refractivity contribution is 5.93. The minimum absolute atomic E-state index is 0.100. The van der Waals surface area contributed by atoms with E-state index in [9.17, 15) is 19.1 Å². The number of pyridine rings is 1. The number of carboxylic acid groups (broad SMARTS) is 1. The molecule has 0 radical (unpaired) electrons. The van der Waals surface area contributed by atoms with Gasteiger partial charge < -0.3 is 20.3 Å². The van der Waals surface area contributed by atoms with E-state index in [1.165, 1.54) is 12.3 Å². The summed E-state index contributed by atoms with van der Waals surface area (Å²) in [5, 5.41) is 9.48. The Bertz CT molecular complexity index is 1030. The summed E-state index contributed by atoms with van der Waals surface area (Å²) < 4.78 is 16.8. The van der Waals surface area contributed by atoms with E-state index in [0.29, 0.717) is 11.2 Å². The molecule has 6 nitrogen and oxygen atoms in total. The highest BCUT2D eigenvalue weighted by Gasteiger charge is 2.53. The molecule has 2 heterocycles. The molecule has 2 unspecified atom stereocenters. The van der Waals surface area contributed by atoms with Crippen LogP contribution in [0.1, 0.15) is 48.5 Å². The highest BCUT2D eigenvalue weighted by atomic mass is 19.1. The van der Waals surface area contributed by atoms with Crippen molar-refractivity contribution >= 4 is 22.6 Å². The van der Waals surface area contributed by atoms with Crippen LogP contribution in [-0.2, 0) is 0 Å². The molecule has 1 aromatic carbocycles. The molecular formula is C20H22FN3O3. The summed E-state index contributed by atoms with van der Waals surface area (Å²) in [6.45, 7) is 1.50. The lowest BCUT2D eigenvalue weighted by Crippen LogP contribution is -2.39. The molecule has 1 saturated heterocycles. The maximum atomic E-state index is 15.0. The Kier molecular flexibility index (Phi) is 3.44. The molecule has 2 atom stereocenters. The number of nitrogens with two attached hydrogens (primary N) is 1. The van der Waals surface area contributed by atoms with Gasteiger partial charge in [-0.05, 0) is 44.2 Å². The number of fused-ring (bicyclic) bond motifs is 1. The summed E-state index contributed by atoms with van der Waals surface area (Å²) in [7, 11) is 0. The summed E-state index contributed by atoms with van der Waals surface area (Å²) in [4.78, 5) is 26.1. The van der Waals surface area contributed by atoms with E-state index in [4.69, 9.17) is 5.73 Å². The fraction of sp³-hybridized carbons (Fsp3) is 0.500. The predicted molar refractivity (Wildman–Crippen MR) is 99.9 cm³/mol. The van der Waals surface area contributed by atoms with Crippen LogP contribution in [-0.4, -0.2) is 34.8 Å². The minimum atomic E-state index is -1.28. The zero-order valence-electron chi connectivity index (χ0n) is 14.9. The molecule has 27 heavy (non-hydrogen) atoms. The van der Waals surface area contributed by atoms with Gasteiger partial charge in [0.2, 0.25) is 5.43 Å². The van der Waals surface area contributed by atoms with Crippen LogP contribution in [0.4, 0.5) is 10.1 Å². The Balaban J connectivity index is 1.66. The van der Waals surface area contributed by atoms with Crippen molar-refractivity contribution in [3.05, 3.63) is 39.9 Å². The third-order valence-electron chi connectivity index (χ3n) is 6.47. The molecule has 5 rings (SSSR count). The number of hydrogen-bond acceptors (Lipinski definition) is 4. The van der Waals surface area contributed by atoms with Crippen LogP contribution < -0.4 is 16.1 Å². The van der Waals surface area contributed by atoms with Gasteiger partial charge in [-0.2, -0.15) is 0 Å². The lowest BCUT2D eigenvalue weighted by Gasteiger charge is -2.35. The molecule has 7 heteroatoms. The van der Waals surface area contributed by atoms with Gasteiger partial charge in [0.1, 0.15) is 11.4 Å². The van der Waals surface area contributed by atoms with Gasteiger partial charge in [-0.25, -0.2) is 9.18 Å². The van der Waals surface area contributed by atoms with E-state index in [0.717, 1.165) is 45.2 Å². The van der Waals surface area contributed by atoms with Gasteiger partial charge in [0.25, 0.3) is 0 Å². The summed E-state index contributed by atoms with van der Waals surface area (Å²) in [5.74, 6) is -1.75. The SMILES string of the molecule is NC1CC12CCCN(c1cc3c(cc1F)c(=O)c(C(=O)O)cn3C1CC1)C2. The second-order valence-electron chi connectivity index (χ2n) is 8.33. The number of halogens is 1. The molecule has 1 spiro atoms. The molecule has 142 valence electrons. The normalized spacial score (nSPS) is 27.3. The van der Waals surface area contributed by atoms with Crippen molar-refractivity contribution in [2.45, 2.75) is 44.2 Å². The fourth-order valence-electron chi connectivity index (χ4n) is 4.62. The number of nitrogens with zero attached hydrogens (tertiary/aromatic N) is 2. The van der Waals surface area contributed by atoms with E-state index in [1.807, 2.05) is 9.47 Å². The largest absolute Gasteiger partial charge is 0.477 e. The van der Waals surface area contributed by atoms with Crippen LogP contribution in [0.15, 0.2) is 23.1 Å². The second-order valence-corrected chi connectivity index (χ2v) is 8.33. The first-order valence-electron chi connectivity index (χ1n) is 9.52. The number of anilines is 1. The van der Waals surface area contributed by atoms with Gasteiger partial charge in [0.15, 0.2) is 0 Å². The van der Waals surface area contributed by atoms with Gasteiger partial charge in [-0.15, -0.1) is 0 Å². The maximum absolute atomic E-state index is 15.0. The number of rotatable bonds is 3. The summed E-state index contributed by atoms with van der Waals surface area (Å²) >= 11 is 0. The average molecular weight is 371 g/mol. The first kappa shape index (κ1) is 16.7. The van der Waals surface area contributed by atoms with Gasteiger partial charge in [-0.1, -0.05) is 0 Å². The number of carbonyl (C=O) groups is 1. The zero-order chi connectivity index (χ0) is 18.9. The summed E-state index contributed by atoms with van der Waals surface area (Å²) in [5.41, 5.74) is 6.39. The molecule has 1 aromatic heterocycles. The molecule has 3 fully saturated rings. The smallest absolute Gasteiger partial charge is 0.341 e. The Morgan fingerprint density at radius 1 is 1.33 bits per heavy atom. The third kappa shape index (κ3) is 2.56. The van der Waals surface area contributed by atoms with E-state index < -0.39 is 17.2 Å². The molecule has 3 aliphatic rings. The van der Waals surface area contributed by atoms with Crippen LogP contribution in [0.2, 0.25) is 0 Å². The molecular weight excluding hydrogens is 349 g/mol. The van der Waals surface area contributed by atoms with Gasteiger partial charge in [0.05, 0.1) is 11.2 Å². The number of aromatic nitrogens is 1. The number of carboxylic acids is 1. The first-order valence-corrected chi connectivity index (χ1v) is 9.52. The van der Waals surface area contributed by atoms with Crippen molar-refractivity contribution in [2.75, 3.05) is 18.0 Å². The maximum Gasteiger partial charge on any atom is 0.341 e. The van der Waals surface area contributed by atoms with Crippen LogP contribution in [0, 0.1) is 11.2 Å². The summed E-state index contributed by atoms with van der Waals surface area (Å²) in [6.07, 6.45) is 6.32. The molecule has 0 amide bonds. The lowest BCUT2D eigenvalue weighted by atomic mass is 9.93. The van der Waals surface area contributed by atoms with Crippen molar-refractivity contribution in [1.29, 1.82) is 0 Å². The third-order valence-corrected chi connectivity index (χ3v) is 6.47. The van der Waals surface area contributed by atoms with Gasteiger partial charge in [0, 0.05) is 42.2 Å². The molecule has 2 aromatic rings. The van der Waals surface area contributed by atoms with Crippen LogP contribution in [0.3, 0.4) is 0 Å². The molecule has 3 N–H and O–H groups in total. The molecule has 2 aliphatic carbocycles. The Morgan fingerprint density at radius 2 is 2.07 bits per heavy atom. The number of benzene rings is 1. The van der Waals surface area contributed by atoms with Crippen molar-refractivity contribution < 1.29 is 14.3 Å². The molecule has 0 bridgehead atoms. The predicted octanol–water partition coefficient (Wildman–Crippen LogP) is 2.49. The van der Waals surface area contributed by atoms with Crippen molar-refractivity contribution in [3.8, 4) is 0 Å². The average Bonchev–Trinajstić information content (AvgIpc) is 3.55. The Morgan fingerprint density at radius 3 is 2.70 bits per heavy atom.